The summed E-state index contributed by atoms with van der Waals surface area (Å²) >= 11 is 5.05. The Bertz CT molecular complexity index is 1310. The van der Waals surface area contributed by atoms with Crippen molar-refractivity contribution in [3.8, 4) is 11.5 Å². The molecule has 0 radical (unpaired) electrons. The first-order chi connectivity index (χ1) is 18.3. The summed E-state index contributed by atoms with van der Waals surface area (Å²) < 4.78 is 20.5. The van der Waals surface area contributed by atoms with Gasteiger partial charge in [0.2, 0.25) is 11.1 Å². The number of nitrogens with one attached hydrogen (secondary N) is 1. The number of benzene rings is 2. The summed E-state index contributed by atoms with van der Waals surface area (Å²) in [7, 11) is 0. The smallest absolute Gasteiger partial charge is 0.338 e. The number of allylic oxidation sites excluding steroid dienone is 1. The molecule has 0 saturated heterocycles. The first-order valence-electron chi connectivity index (χ1n) is 12.7. The van der Waals surface area contributed by atoms with E-state index < -0.39 is 12.0 Å². The second-order valence-electron chi connectivity index (χ2n) is 9.09. The molecular formula is C28H33BrN4O4S. The number of halogens is 1. The number of aromatic nitrogens is 3. The largest absolute Gasteiger partial charge is 0.490 e. The molecule has 2 heterocycles. The van der Waals surface area contributed by atoms with Crippen LogP contribution in [0.1, 0.15) is 58.2 Å². The van der Waals surface area contributed by atoms with Gasteiger partial charge < -0.3 is 19.5 Å². The molecule has 10 heteroatoms. The Hall–Kier alpha value is -2.98. The van der Waals surface area contributed by atoms with E-state index >= 15 is 0 Å². The van der Waals surface area contributed by atoms with E-state index in [-0.39, 0.29) is 6.10 Å². The summed E-state index contributed by atoms with van der Waals surface area (Å²) in [6.45, 7) is 10.4. The molecule has 202 valence electrons. The second-order valence-corrected chi connectivity index (χ2v) is 11.1. The van der Waals surface area contributed by atoms with Crippen LogP contribution in [0.25, 0.3) is 0 Å². The molecule has 1 atom stereocenters. The van der Waals surface area contributed by atoms with Crippen LogP contribution in [-0.2, 0) is 16.1 Å². The van der Waals surface area contributed by atoms with E-state index in [1.54, 1.807) is 16.4 Å². The fourth-order valence-electron chi connectivity index (χ4n) is 4.06. The van der Waals surface area contributed by atoms with Gasteiger partial charge in [0, 0.05) is 15.9 Å². The number of rotatable bonds is 11. The molecule has 1 aliphatic heterocycles. The Labute approximate surface area is 236 Å². The van der Waals surface area contributed by atoms with Gasteiger partial charge in [0.25, 0.3) is 0 Å². The number of fused-ring (bicyclic) bond motifs is 1. The van der Waals surface area contributed by atoms with E-state index in [2.05, 4.69) is 33.2 Å². The second kappa shape index (κ2) is 12.7. The Balaban J connectivity index is 1.72. The summed E-state index contributed by atoms with van der Waals surface area (Å²) in [5, 5.41) is 8.67. The number of esters is 1. The minimum absolute atomic E-state index is 0.260. The van der Waals surface area contributed by atoms with Crippen molar-refractivity contribution in [3.63, 3.8) is 0 Å². The quantitative estimate of drug-likeness (QED) is 0.191. The summed E-state index contributed by atoms with van der Waals surface area (Å²) in [6.07, 6.45) is 0.748. The number of thioether (sulfide) groups is 1. The topological polar surface area (TPSA) is 87.5 Å². The van der Waals surface area contributed by atoms with Gasteiger partial charge in [-0.05, 0) is 69.5 Å². The Morgan fingerprint density at radius 2 is 1.89 bits per heavy atom. The van der Waals surface area contributed by atoms with E-state index in [0.29, 0.717) is 47.1 Å². The highest BCUT2D eigenvalue weighted by atomic mass is 79.9. The van der Waals surface area contributed by atoms with Gasteiger partial charge in [-0.2, -0.15) is 4.98 Å². The Morgan fingerprint density at radius 1 is 1.13 bits per heavy atom. The standard InChI is InChI=1S/C28H33BrN4O4S/c1-6-14-38-28-31-27-30-18(5)24(26(34)37-17(3)4)25(33(27)32-28)20-10-13-22(23(15-20)35-7-2)36-16-19-8-11-21(29)12-9-19/h8-13,15,17,25H,6-7,14,16H2,1-5H3,(H,30,31,32). The molecule has 2 aromatic carbocycles. The van der Waals surface area contributed by atoms with Crippen molar-refractivity contribution in [2.24, 2.45) is 0 Å². The van der Waals surface area contributed by atoms with Crippen LogP contribution in [0.3, 0.4) is 0 Å². The molecule has 8 nitrogen and oxygen atoms in total. The zero-order valence-electron chi connectivity index (χ0n) is 22.3. The van der Waals surface area contributed by atoms with Crippen molar-refractivity contribution >= 4 is 39.6 Å². The number of nitrogens with zero attached hydrogens (tertiary/aromatic N) is 3. The van der Waals surface area contributed by atoms with Crippen LogP contribution in [0.15, 0.2) is 63.4 Å². The molecule has 1 aromatic heterocycles. The summed E-state index contributed by atoms with van der Waals surface area (Å²) in [5.41, 5.74) is 3.02. The zero-order valence-corrected chi connectivity index (χ0v) is 24.7. The van der Waals surface area contributed by atoms with Gasteiger partial charge in [-0.3, -0.25) is 0 Å². The molecule has 0 amide bonds. The third-order valence-electron chi connectivity index (χ3n) is 5.72. The fraction of sp³-hybridized carbons (Fsp3) is 0.393. The van der Waals surface area contributed by atoms with Crippen molar-refractivity contribution in [3.05, 3.63) is 69.3 Å². The molecule has 0 spiro atoms. The summed E-state index contributed by atoms with van der Waals surface area (Å²) in [4.78, 5) is 18.0. The van der Waals surface area contributed by atoms with Crippen LogP contribution < -0.4 is 14.8 Å². The van der Waals surface area contributed by atoms with Gasteiger partial charge in [0.05, 0.1) is 18.3 Å². The maximum atomic E-state index is 13.3. The Kier molecular flexibility index (Phi) is 9.38. The summed E-state index contributed by atoms with van der Waals surface area (Å²) in [5.74, 6) is 2.31. The van der Waals surface area contributed by atoms with Gasteiger partial charge in [-0.15, -0.1) is 5.10 Å². The van der Waals surface area contributed by atoms with Crippen LogP contribution in [0.4, 0.5) is 5.95 Å². The van der Waals surface area contributed by atoms with Crippen LogP contribution in [0.5, 0.6) is 11.5 Å². The van der Waals surface area contributed by atoms with Crippen LogP contribution in [-0.4, -0.2) is 39.2 Å². The van der Waals surface area contributed by atoms with Crippen molar-refractivity contribution in [1.29, 1.82) is 0 Å². The first-order valence-corrected chi connectivity index (χ1v) is 14.5. The molecule has 1 aliphatic rings. The lowest BCUT2D eigenvalue weighted by Gasteiger charge is -2.29. The Morgan fingerprint density at radius 3 is 2.58 bits per heavy atom. The molecular weight excluding hydrogens is 568 g/mol. The van der Waals surface area contributed by atoms with Crippen LogP contribution >= 0.6 is 27.7 Å². The van der Waals surface area contributed by atoms with E-state index in [1.807, 2.05) is 70.2 Å². The van der Waals surface area contributed by atoms with Crippen molar-refractivity contribution in [2.75, 3.05) is 17.7 Å². The maximum Gasteiger partial charge on any atom is 0.338 e. The lowest BCUT2D eigenvalue weighted by Crippen LogP contribution is -2.30. The van der Waals surface area contributed by atoms with E-state index in [0.717, 1.165) is 27.8 Å². The molecule has 0 bridgehead atoms. The van der Waals surface area contributed by atoms with Gasteiger partial charge in [-0.1, -0.05) is 52.8 Å². The predicted octanol–water partition coefficient (Wildman–Crippen LogP) is 6.76. The number of carbonyl (C=O) groups excluding carboxylic acids is 1. The average molecular weight is 602 g/mol. The minimum atomic E-state index is -0.541. The average Bonchev–Trinajstić information content (AvgIpc) is 3.28. The van der Waals surface area contributed by atoms with Crippen molar-refractivity contribution < 1.29 is 19.0 Å². The number of hydrogen-bond acceptors (Lipinski definition) is 8. The predicted molar refractivity (Wildman–Crippen MR) is 153 cm³/mol. The third kappa shape index (κ3) is 6.53. The van der Waals surface area contributed by atoms with Gasteiger partial charge in [0.15, 0.2) is 11.5 Å². The molecule has 1 N–H and O–H groups in total. The highest BCUT2D eigenvalue weighted by Gasteiger charge is 2.36. The fourth-order valence-corrected chi connectivity index (χ4v) is 5.01. The molecule has 4 rings (SSSR count). The monoisotopic (exact) mass is 600 g/mol. The lowest BCUT2D eigenvalue weighted by molar-refractivity contribution is -0.143. The molecule has 3 aromatic rings. The first kappa shape index (κ1) is 28.0. The van der Waals surface area contributed by atoms with Gasteiger partial charge in [-0.25, -0.2) is 9.48 Å². The SMILES string of the molecule is CCCSc1nc2n(n1)C(c1ccc(OCc3ccc(Br)cc3)c(OCC)c1)C(C(=O)OC(C)C)=C(C)N2. The number of carbonyl (C=O) groups is 1. The number of hydrogen-bond donors (Lipinski definition) is 1. The molecule has 0 fully saturated rings. The van der Waals surface area contributed by atoms with Gasteiger partial charge >= 0.3 is 5.97 Å². The maximum absolute atomic E-state index is 13.3. The third-order valence-corrected chi connectivity index (χ3v) is 7.29. The highest BCUT2D eigenvalue weighted by Crippen LogP contribution is 2.40. The van der Waals surface area contributed by atoms with E-state index in [4.69, 9.17) is 19.3 Å². The molecule has 0 saturated carbocycles. The van der Waals surface area contributed by atoms with E-state index in [1.165, 1.54) is 0 Å². The minimum Gasteiger partial charge on any atom is -0.490 e. The van der Waals surface area contributed by atoms with Crippen molar-refractivity contribution in [1.82, 2.24) is 14.8 Å². The van der Waals surface area contributed by atoms with E-state index in [9.17, 15) is 4.79 Å². The lowest BCUT2D eigenvalue weighted by atomic mass is 9.95. The number of anilines is 1. The zero-order chi connectivity index (χ0) is 27.2. The van der Waals surface area contributed by atoms with Crippen molar-refractivity contribution in [2.45, 2.75) is 64.9 Å². The normalized spacial score (nSPS) is 14.8. The van der Waals surface area contributed by atoms with Gasteiger partial charge in [0.1, 0.15) is 12.6 Å². The molecule has 38 heavy (non-hydrogen) atoms. The van der Waals surface area contributed by atoms with Crippen LogP contribution in [0.2, 0.25) is 0 Å². The highest BCUT2D eigenvalue weighted by molar-refractivity contribution is 9.10. The molecule has 1 unspecified atom stereocenters. The van der Waals surface area contributed by atoms with Crippen LogP contribution in [0, 0.1) is 0 Å². The summed E-state index contributed by atoms with van der Waals surface area (Å²) in [6, 6.07) is 13.2. The molecule has 0 aliphatic carbocycles. The number of ether oxygens (including phenoxy) is 3.